The SMILES string of the molecule is CN(Cc1cc(Br)cs1)C(=O)C1CCCN1. The quantitative estimate of drug-likeness (QED) is 0.928. The van der Waals surface area contributed by atoms with Gasteiger partial charge in [0.1, 0.15) is 0 Å². The molecular weight excluding hydrogens is 288 g/mol. The van der Waals surface area contributed by atoms with E-state index in [0.717, 1.165) is 23.9 Å². The van der Waals surface area contributed by atoms with Crippen LogP contribution in [0.4, 0.5) is 0 Å². The number of halogens is 1. The molecule has 88 valence electrons. The number of thiophene rings is 1. The number of nitrogens with one attached hydrogen (secondary N) is 1. The third-order valence-electron chi connectivity index (χ3n) is 2.75. The summed E-state index contributed by atoms with van der Waals surface area (Å²) in [6, 6.07) is 2.10. The van der Waals surface area contributed by atoms with Crippen LogP contribution in [0.25, 0.3) is 0 Å². The lowest BCUT2D eigenvalue weighted by molar-refractivity contribution is -0.132. The Morgan fingerprint density at radius 1 is 1.75 bits per heavy atom. The fourth-order valence-corrected chi connectivity index (χ4v) is 3.41. The van der Waals surface area contributed by atoms with Crippen molar-refractivity contribution < 1.29 is 4.79 Å². The third kappa shape index (κ3) is 2.84. The van der Waals surface area contributed by atoms with Crippen molar-refractivity contribution in [2.24, 2.45) is 0 Å². The van der Waals surface area contributed by atoms with E-state index >= 15 is 0 Å². The smallest absolute Gasteiger partial charge is 0.239 e. The van der Waals surface area contributed by atoms with Gasteiger partial charge in [0, 0.05) is 21.8 Å². The van der Waals surface area contributed by atoms with Crippen LogP contribution in [0.15, 0.2) is 15.9 Å². The lowest BCUT2D eigenvalue weighted by Crippen LogP contribution is -2.41. The molecule has 2 rings (SSSR count). The van der Waals surface area contributed by atoms with E-state index in [0.29, 0.717) is 6.54 Å². The van der Waals surface area contributed by atoms with Crippen LogP contribution in [-0.2, 0) is 11.3 Å². The Morgan fingerprint density at radius 3 is 3.12 bits per heavy atom. The number of amides is 1. The molecule has 1 aromatic rings. The maximum Gasteiger partial charge on any atom is 0.239 e. The Balaban J connectivity index is 1.91. The molecule has 3 nitrogen and oxygen atoms in total. The van der Waals surface area contributed by atoms with Gasteiger partial charge < -0.3 is 10.2 Å². The molecule has 1 aromatic heterocycles. The van der Waals surface area contributed by atoms with Crippen molar-refractivity contribution in [3.63, 3.8) is 0 Å². The molecule has 1 N–H and O–H groups in total. The molecule has 1 saturated heterocycles. The van der Waals surface area contributed by atoms with E-state index in [1.165, 1.54) is 4.88 Å². The molecule has 2 heterocycles. The van der Waals surface area contributed by atoms with Gasteiger partial charge in [0.25, 0.3) is 0 Å². The lowest BCUT2D eigenvalue weighted by Gasteiger charge is -2.20. The molecule has 1 unspecified atom stereocenters. The number of hydrogen-bond donors (Lipinski definition) is 1. The fraction of sp³-hybridized carbons (Fsp3) is 0.545. The van der Waals surface area contributed by atoms with E-state index in [4.69, 9.17) is 0 Å². The number of nitrogens with zero attached hydrogens (tertiary/aromatic N) is 1. The van der Waals surface area contributed by atoms with Gasteiger partial charge in [-0.05, 0) is 41.4 Å². The Kier molecular flexibility index (Phi) is 4.00. The van der Waals surface area contributed by atoms with Crippen LogP contribution in [0.1, 0.15) is 17.7 Å². The van der Waals surface area contributed by atoms with Crippen molar-refractivity contribution in [1.82, 2.24) is 10.2 Å². The Morgan fingerprint density at radius 2 is 2.56 bits per heavy atom. The highest BCUT2D eigenvalue weighted by atomic mass is 79.9. The first-order valence-corrected chi connectivity index (χ1v) is 7.05. The summed E-state index contributed by atoms with van der Waals surface area (Å²) in [5, 5.41) is 5.27. The first-order valence-electron chi connectivity index (χ1n) is 5.38. The molecular formula is C11H15BrN2OS. The second-order valence-electron chi connectivity index (χ2n) is 4.07. The number of carbonyl (C=O) groups is 1. The minimum atomic E-state index is 0.0356. The van der Waals surface area contributed by atoms with Gasteiger partial charge >= 0.3 is 0 Å². The second kappa shape index (κ2) is 5.29. The summed E-state index contributed by atoms with van der Waals surface area (Å²) in [5.41, 5.74) is 0. The first-order chi connectivity index (χ1) is 7.66. The number of likely N-dealkylation sites (N-methyl/N-ethyl adjacent to an activating group) is 1. The van der Waals surface area contributed by atoms with Crippen molar-refractivity contribution in [3.05, 3.63) is 20.8 Å². The second-order valence-corrected chi connectivity index (χ2v) is 5.99. The summed E-state index contributed by atoms with van der Waals surface area (Å²) in [4.78, 5) is 15.0. The van der Waals surface area contributed by atoms with E-state index < -0.39 is 0 Å². The standard InChI is InChI=1S/C11H15BrN2OS/c1-14(6-9-5-8(12)7-16-9)11(15)10-3-2-4-13-10/h5,7,10,13H,2-4,6H2,1H3. The Labute approximate surface area is 108 Å². The lowest BCUT2D eigenvalue weighted by atomic mass is 10.2. The zero-order valence-electron chi connectivity index (χ0n) is 9.20. The molecule has 0 aromatic carbocycles. The minimum absolute atomic E-state index is 0.0356. The Bertz CT molecular complexity index is 374. The molecule has 1 amide bonds. The molecule has 0 aliphatic carbocycles. The minimum Gasteiger partial charge on any atom is -0.339 e. The van der Waals surface area contributed by atoms with Crippen molar-refractivity contribution in [2.45, 2.75) is 25.4 Å². The molecule has 5 heteroatoms. The van der Waals surface area contributed by atoms with Crippen LogP contribution >= 0.6 is 27.3 Å². The third-order valence-corrected chi connectivity index (χ3v) is 4.43. The summed E-state index contributed by atoms with van der Waals surface area (Å²) in [7, 11) is 1.87. The number of carbonyl (C=O) groups excluding carboxylic acids is 1. The van der Waals surface area contributed by atoms with Gasteiger partial charge in [0.15, 0.2) is 0 Å². The normalized spacial score (nSPS) is 20.0. The molecule has 0 spiro atoms. The van der Waals surface area contributed by atoms with E-state index in [1.54, 1.807) is 16.2 Å². The average molecular weight is 303 g/mol. The van der Waals surface area contributed by atoms with Crippen molar-refractivity contribution in [3.8, 4) is 0 Å². The number of rotatable bonds is 3. The fourth-order valence-electron chi connectivity index (χ4n) is 1.91. The van der Waals surface area contributed by atoms with Gasteiger partial charge in [-0.3, -0.25) is 4.79 Å². The predicted molar refractivity (Wildman–Crippen MR) is 69.5 cm³/mol. The van der Waals surface area contributed by atoms with Crippen molar-refractivity contribution >= 4 is 33.2 Å². The molecule has 1 aliphatic heterocycles. The first kappa shape index (κ1) is 12.1. The number of hydrogen-bond acceptors (Lipinski definition) is 3. The van der Waals surface area contributed by atoms with Gasteiger partial charge in [0.05, 0.1) is 12.6 Å². The predicted octanol–water partition coefficient (Wildman–Crippen LogP) is 2.22. The van der Waals surface area contributed by atoms with Crippen LogP contribution in [0.5, 0.6) is 0 Å². The molecule has 16 heavy (non-hydrogen) atoms. The van der Waals surface area contributed by atoms with Crippen molar-refractivity contribution in [2.75, 3.05) is 13.6 Å². The van der Waals surface area contributed by atoms with E-state index in [2.05, 4.69) is 27.3 Å². The molecule has 1 fully saturated rings. The van der Waals surface area contributed by atoms with Crippen LogP contribution in [0, 0.1) is 0 Å². The molecule has 0 saturated carbocycles. The van der Waals surface area contributed by atoms with Crippen LogP contribution in [0.3, 0.4) is 0 Å². The molecule has 1 atom stereocenters. The zero-order valence-corrected chi connectivity index (χ0v) is 11.6. The van der Waals surface area contributed by atoms with Crippen LogP contribution in [0.2, 0.25) is 0 Å². The summed E-state index contributed by atoms with van der Waals surface area (Å²) >= 11 is 5.10. The van der Waals surface area contributed by atoms with Gasteiger partial charge in [-0.25, -0.2) is 0 Å². The van der Waals surface area contributed by atoms with Gasteiger partial charge in [-0.2, -0.15) is 0 Å². The van der Waals surface area contributed by atoms with E-state index in [-0.39, 0.29) is 11.9 Å². The highest BCUT2D eigenvalue weighted by molar-refractivity contribution is 9.10. The van der Waals surface area contributed by atoms with Gasteiger partial charge in [0.2, 0.25) is 5.91 Å². The summed E-state index contributed by atoms with van der Waals surface area (Å²) in [5.74, 6) is 0.210. The van der Waals surface area contributed by atoms with Crippen LogP contribution in [-0.4, -0.2) is 30.4 Å². The van der Waals surface area contributed by atoms with E-state index in [9.17, 15) is 4.79 Å². The van der Waals surface area contributed by atoms with Gasteiger partial charge in [-0.1, -0.05) is 0 Å². The summed E-state index contributed by atoms with van der Waals surface area (Å²) in [6.07, 6.45) is 2.08. The summed E-state index contributed by atoms with van der Waals surface area (Å²) < 4.78 is 1.09. The zero-order chi connectivity index (χ0) is 11.5. The van der Waals surface area contributed by atoms with E-state index in [1.807, 2.05) is 12.4 Å². The largest absolute Gasteiger partial charge is 0.339 e. The molecule has 0 bridgehead atoms. The molecule has 1 aliphatic rings. The Hall–Kier alpha value is -0.390. The maximum atomic E-state index is 12.0. The highest BCUT2D eigenvalue weighted by Crippen LogP contribution is 2.21. The monoisotopic (exact) mass is 302 g/mol. The molecule has 0 radical (unpaired) electrons. The highest BCUT2D eigenvalue weighted by Gasteiger charge is 2.24. The van der Waals surface area contributed by atoms with Crippen LogP contribution < -0.4 is 5.32 Å². The topological polar surface area (TPSA) is 32.3 Å². The maximum absolute atomic E-state index is 12.0. The van der Waals surface area contributed by atoms with Gasteiger partial charge in [-0.15, -0.1) is 11.3 Å². The summed E-state index contributed by atoms with van der Waals surface area (Å²) in [6.45, 7) is 1.67. The van der Waals surface area contributed by atoms with Crippen molar-refractivity contribution in [1.29, 1.82) is 0 Å². The average Bonchev–Trinajstić information content (AvgIpc) is 2.88.